The van der Waals surface area contributed by atoms with Crippen LogP contribution in [-0.4, -0.2) is 41.2 Å². The lowest BCUT2D eigenvalue weighted by Gasteiger charge is -2.17. The summed E-state index contributed by atoms with van der Waals surface area (Å²) in [6.07, 6.45) is 5.45. The highest BCUT2D eigenvalue weighted by atomic mass is 28.3. The van der Waals surface area contributed by atoms with Crippen molar-refractivity contribution >= 4 is 25.6 Å². The summed E-state index contributed by atoms with van der Waals surface area (Å²) in [5, 5.41) is 0. The molecule has 1 heterocycles. The maximum absolute atomic E-state index is 13.6. The van der Waals surface area contributed by atoms with Crippen molar-refractivity contribution in [1.29, 1.82) is 0 Å². The molecule has 0 spiro atoms. The smallest absolute Gasteiger partial charge is 0.238 e. The van der Waals surface area contributed by atoms with E-state index in [9.17, 15) is 9.59 Å². The minimum atomic E-state index is -1.42. The van der Waals surface area contributed by atoms with Crippen molar-refractivity contribution in [3.63, 3.8) is 0 Å². The first-order valence-electron chi connectivity index (χ1n) is 12.1. The van der Waals surface area contributed by atoms with Crippen LogP contribution in [0.5, 0.6) is 17.2 Å². The first-order valence-corrected chi connectivity index (χ1v) is 15.6. The summed E-state index contributed by atoms with van der Waals surface area (Å²) in [4.78, 5) is 28.4. The van der Waals surface area contributed by atoms with Gasteiger partial charge in [-0.2, -0.15) is 0 Å². The molecule has 36 heavy (non-hydrogen) atoms. The number of benzene rings is 2. The number of methoxy groups -OCH3 is 3. The molecule has 0 N–H and O–H groups in total. The first kappa shape index (κ1) is 27.1. The van der Waals surface area contributed by atoms with Crippen molar-refractivity contribution < 1.29 is 23.8 Å². The number of ether oxygens (including phenoxy) is 3. The van der Waals surface area contributed by atoms with E-state index >= 15 is 0 Å². The lowest BCUT2D eigenvalue weighted by Crippen LogP contribution is -2.31. The van der Waals surface area contributed by atoms with Gasteiger partial charge in [-0.05, 0) is 42.7 Å². The third-order valence-electron chi connectivity index (χ3n) is 6.00. The summed E-state index contributed by atoms with van der Waals surface area (Å²) >= 11 is 0. The minimum absolute atomic E-state index is 0.179. The average molecular weight is 506 g/mol. The number of rotatable bonds is 9. The van der Waals surface area contributed by atoms with Crippen LogP contribution in [0.4, 0.5) is 5.69 Å². The molecule has 2 amide bonds. The van der Waals surface area contributed by atoms with Gasteiger partial charge in [0.05, 0.1) is 38.9 Å². The van der Waals surface area contributed by atoms with E-state index in [1.54, 1.807) is 33.5 Å². The zero-order valence-electron chi connectivity index (χ0n) is 22.0. The summed E-state index contributed by atoms with van der Waals surface area (Å²) in [5.41, 5.74) is 4.77. The molecule has 2 atom stereocenters. The van der Waals surface area contributed by atoms with Crippen LogP contribution in [0.15, 0.2) is 54.6 Å². The van der Waals surface area contributed by atoms with Gasteiger partial charge < -0.3 is 14.2 Å². The SMILES string of the molecule is COc1cc(C[C@H]2C(=O)N(c3ccccc3)C(=O)[C@@H]2C/C=C/CC#C[Si](C)(C)C)cc(OC)c1OC. The molecule has 190 valence electrons. The second kappa shape index (κ2) is 12.0. The highest BCUT2D eigenvalue weighted by Crippen LogP contribution is 2.41. The number of para-hydroxylation sites is 1. The maximum atomic E-state index is 13.6. The zero-order chi connectivity index (χ0) is 26.3. The molecule has 0 aliphatic carbocycles. The Labute approximate surface area is 215 Å². The molecule has 0 radical (unpaired) electrons. The molecule has 0 unspecified atom stereocenters. The fourth-order valence-electron chi connectivity index (χ4n) is 4.32. The Morgan fingerprint density at radius 3 is 2.06 bits per heavy atom. The summed E-state index contributed by atoms with van der Waals surface area (Å²) < 4.78 is 16.4. The lowest BCUT2D eigenvalue weighted by molar-refractivity contribution is -0.122. The second-order valence-electron chi connectivity index (χ2n) is 9.76. The second-order valence-corrected chi connectivity index (χ2v) is 14.5. The van der Waals surface area contributed by atoms with E-state index < -0.39 is 19.9 Å². The predicted octanol–water partition coefficient (Wildman–Crippen LogP) is 5.28. The van der Waals surface area contributed by atoms with Crippen molar-refractivity contribution in [2.24, 2.45) is 11.8 Å². The van der Waals surface area contributed by atoms with E-state index in [0.29, 0.717) is 42.2 Å². The summed E-state index contributed by atoms with van der Waals surface area (Å²) in [7, 11) is 3.25. The molecule has 7 heteroatoms. The average Bonchev–Trinajstić information content (AvgIpc) is 3.08. The normalized spacial score (nSPS) is 17.8. The highest BCUT2D eigenvalue weighted by molar-refractivity contribution is 6.83. The monoisotopic (exact) mass is 505 g/mol. The number of hydrogen-bond acceptors (Lipinski definition) is 5. The van der Waals surface area contributed by atoms with Gasteiger partial charge in [-0.25, -0.2) is 0 Å². The van der Waals surface area contributed by atoms with Crippen LogP contribution in [0.25, 0.3) is 0 Å². The Hall–Kier alpha value is -3.50. The van der Waals surface area contributed by atoms with Gasteiger partial charge in [0, 0.05) is 6.42 Å². The van der Waals surface area contributed by atoms with Gasteiger partial charge in [-0.1, -0.05) is 50.0 Å². The first-order chi connectivity index (χ1) is 17.2. The van der Waals surface area contributed by atoms with Crippen molar-refractivity contribution in [1.82, 2.24) is 0 Å². The lowest BCUT2D eigenvalue weighted by atomic mass is 9.86. The fraction of sp³-hybridized carbons (Fsp3) is 0.379. The molecule has 0 saturated carbocycles. The van der Waals surface area contributed by atoms with Crippen LogP contribution in [0, 0.1) is 23.3 Å². The Morgan fingerprint density at radius 2 is 1.50 bits per heavy atom. The molecule has 6 nitrogen and oxygen atoms in total. The van der Waals surface area contributed by atoms with Gasteiger partial charge in [0.25, 0.3) is 0 Å². The summed E-state index contributed by atoms with van der Waals surface area (Å²) in [6, 6.07) is 12.8. The van der Waals surface area contributed by atoms with Crippen molar-refractivity contribution in [2.45, 2.75) is 38.9 Å². The zero-order valence-corrected chi connectivity index (χ0v) is 23.0. The molecule has 2 aromatic rings. The Bertz CT molecular complexity index is 1150. The van der Waals surface area contributed by atoms with Gasteiger partial charge in [-0.3, -0.25) is 14.5 Å². The molecule has 0 aromatic heterocycles. The van der Waals surface area contributed by atoms with Crippen molar-refractivity contribution in [3.8, 4) is 28.7 Å². The van der Waals surface area contributed by atoms with Gasteiger partial charge in [0.1, 0.15) is 8.07 Å². The molecular weight excluding hydrogens is 470 g/mol. The number of amides is 2. The number of anilines is 1. The van der Waals surface area contributed by atoms with E-state index in [4.69, 9.17) is 14.2 Å². The van der Waals surface area contributed by atoms with E-state index in [1.807, 2.05) is 42.5 Å². The number of imide groups is 1. The predicted molar refractivity (Wildman–Crippen MR) is 145 cm³/mol. The Balaban J connectivity index is 1.90. The van der Waals surface area contributed by atoms with Gasteiger partial charge in [-0.15, -0.1) is 11.5 Å². The third kappa shape index (κ3) is 6.38. The maximum Gasteiger partial charge on any atom is 0.238 e. The topological polar surface area (TPSA) is 65.1 Å². The van der Waals surface area contributed by atoms with Crippen LogP contribution in [0.3, 0.4) is 0 Å². The number of nitrogens with zero attached hydrogens (tertiary/aromatic N) is 1. The third-order valence-corrected chi connectivity index (χ3v) is 6.92. The molecule has 1 aliphatic heterocycles. The molecule has 3 rings (SSSR count). The minimum Gasteiger partial charge on any atom is -0.493 e. The number of hydrogen-bond donors (Lipinski definition) is 0. The van der Waals surface area contributed by atoms with Crippen molar-refractivity contribution in [3.05, 3.63) is 60.2 Å². The van der Waals surface area contributed by atoms with Crippen LogP contribution < -0.4 is 19.1 Å². The van der Waals surface area contributed by atoms with E-state index in [0.717, 1.165) is 5.56 Å². The van der Waals surface area contributed by atoms with E-state index in [2.05, 4.69) is 31.1 Å². The number of carbonyl (C=O) groups is 2. The molecule has 1 saturated heterocycles. The summed E-state index contributed by atoms with van der Waals surface area (Å²) in [6.45, 7) is 6.62. The molecular formula is C29H35NO5Si. The van der Waals surface area contributed by atoms with E-state index in [1.165, 1.54) is 4.90 Å². The molecule has 2 aromatic carbocycles. The van der Waals surface area contributed by atoms with Crippen LogP contribution in [-0.2, 0) is 16.0 Å². The van der Waals surface area contributed by atoms with E-state index in [-0.39, 0.29) is 11.8 Å². The summed E-state index contributed by atoms with van der Waals surface area (Å²) in [5.74, 6) is 3.37. The molecule has 1 fully saturated rings. The van der Waals surface area contributed by atoms with Crippen LogP contribution in [0.1, 0.15) is 18.4 Å². The number of allylic oxidation sites excluding steroid dienone is 2. The van der Waals surface area contributed by atoms with Crippen LogP contribution >= 0.6 is 0 Å². The quantitative estimate of drug-likeness (QED) is 0.201. The molecule has 0 bridgehead atoms. The Morgan fingerprint density at radius 1 is 0.889 bits per heavy atom. The largest absolute Gasteiger partial charge is 0.493 e. The number of carbonyl (C=O) groups excluding carboxylic acids is 2. The Kier molecular flexibility index (Phi) is 9.00. The van der Waals surface area contributed by atoms with Crippen molar-refractivity contribution in [2.75, 3.05) is 26.2 Å². The van der Waals surface area contributed by atoms with Crippen LogP contribution in [0.2, 0.25) is 19.6 Å². The van der Waals surface area contributed by atoms with Gasteiger partial charge >= 0.3 is 0 Å². The standard InChI is InChI=1S/C29H35NO5Si/c1-33-25-19-21(20-26(34-2)27(25)35-3)18-24-23(16-12-7-8-13-17-36(4,5)6)28(31)30(29(24)32)22-14-10-9-11-15-22/h7,9-12,14-15,19-20,23-24H,8,16,18H2,1-6H3/b12-7+/t23-,24-/m1/s1. The van der Waals surface area contributed by atoms with Gasteiger partial charge in [0.15, 0.2) is 11.5 Å². The molecule has 1 aliphatic rings. The van der Waals surface area contributed by atoms with Gasteiger partial charge in [0.2, 0.25) is 17.6 Å². The highest BCUT2D eigenvalue weighted by Gasteiger charge is 2.47. The fourth-order valence-corrected chi connectivity index (χ4v) is 4.95.